The van der Waals surface area contributed by atoms with Gasteiger partial charge in [-0.05, 0) is 48.9 Å². The quantitative estimate of drug-likeness (QED) is 0.585. The van der Waals surface area contributed by atoms with Gasteiger partial charge in [-0.2, -0.15) is 0 Å². The lowest BCUT2D eigenvalue weighted by Gasteiger charge is -2.13. The SMILES string of the molecule is CC(Sc1nnc(-c2cccs2)n1C1CC1)c1ccc(F)cc1. The number of hydrogen-bond acceptors (Lipinski definition) is 4. The van der Waals surface area contributed by atoms with E-state index in [0.29, 0.717) is 6.04 Å². The van der Waals surface area contributed by atoms with Gasteiger partial charge in [0.1, 0.15) is 5.82 Å². The zero-order chi connectivity index (χ0) is 15.8. The van der Waals surface area contributed by atoms with Gasteiger partial charge < -0.3 is 0 Å². The monoisotopic (exact) mass is 345 g/mol. The van der Waals surface area contributed by atoms with Gasteiger partial charge in [-0.15, -0.1) is 21.5 Å². The highest BCUT2D eigenvalue weighted by atomic mass is 32.2. The summed E-state index contributed by atoms with van der Waals surface area (Å²) in [6, 6.07) is 11.3. The standard InChI is InChI=1S/C17H16FN3S2/c1-11(12-4-6-13(18)7-5-12)23-17-20-19-16(15-3-2-10-22-15)21(17)14-8-9-14/h2-7,10-11,14H,8-9H2,1H3. The van der Waals surface area contributed by atoms with Crippen molar-refractivity contribution in [2.24, 2.45) is 0 Å². The summed E-state index contributed by atoms with van der Waals surface area (Å²) in [4.78, 5) is 1.16. The number of aromatic nitrogens is 3. The highest BCUT2D eigenvalue weighted by molar-refractivity contribution is 7.99. The van der Waals surface area contributed by atoms with Crippen molar-refractivity contribution in [1.29, 1.82) is 0 Å². The van der Waals surface area contributed by atoms with E-state index in [1.54, 1.807) is 23.1 Å². The molecule has 1 aliphatic carbocycles. The lowest BCUT2D eigenvalue weighted by molar-refractivity contribution is 0.627. The van der Waals surface area contributed by atoms with Crippen LogP contribution < -0.4 is 0 Å². The van der Waals surface area contributed by atoms with Crippen LogP contribution in [0.1, 0.15) is 36.6 Å². The van der Waals surface area contributed by atoms with Crippen LogP contribution in [0, 0.1) is 5.82 Å². The zero-order valence-electron chi connectivity index (χ0n) is 12.6. The first-order valence-electron chi connectivity index (χ1n) is 7.63. The Hall–Kier alpha value is -1.66. The van der Waals surface area contributed by atoms with Gasteiger partial charge in [0, 0.05) is 11.3 Å². The Kier molecular flexibility index (Phi) is 3.95. The molecule has 0 aliphatic heterocycles. The van der Waals surface area contributed by atoms with E-state index in [4.69, 9.17) is 0 Å². The number of thioether (sulfide) groups is 1. The molecule has 1 fully saturated rings. The Morgan fingerprint density at radius 1 is 1.22 bits per heavy atom. The molecule has 6 heteroatoms. The minimum Gasteiger partial charge on any atom is -0.298 e. The number of rotatable bonds is 5. The maximum Gasteiger partial charge on any atom is 0.192 e. The molecular weight excluding hydrogens is 329 g/mol. The van der Waals surface area contributed by atoms with E-state index in [0.717, 1.165) is 21.4 Å². The first-order chi connectivity index (χ1) is 11.2. The molecule has 1 aliphatic rings. The summed E-state index contributed by atoms with van der Waals surface area (Å²) in [5, 5.41) is 12.1. The molecule has 118 valence electrons. The predicted octanol–water partition coefficient (Wildman–Crippen LogP) is 5.33. The predicted molar refractivity (Wildman–Crippen MR) is 92.3 cm³/mol. The van der Waals surface area contributed by atoms with Crippen LogP contribution in [-0.2, 0) is 0 Å². The van der Waals surface area contributed by atoms with Gasteiger partial charge in [-0.3, -0.25) is 4.57 Å². The Bertz CT molecular complexity index is 792. The molecular formula is C17H16FN3S2. The number of halogens is 1. The Balaban J connectivity index is 1.63. The molecule has 0 saturated heterocycles. The highest BCUT2D eigenvalue weighted by Gasteiger charge is 2.31. The van der Waals surface area contributed by atoms with Crippen LogP contribution in [0.15, 0.2) is 46.9 Å². The van der Waals surface area contributed by atoms with Crippen molar-refractivity contribution < 1.29 is 4.39 Å². The van der Waals surface area contributed by atoms with Crippen molar-refractivity contribution >= 4 is 23.1 Å². The molecule has 23 heavy (non-hydrogen) atoms. The molecule has 0 spiro atoms. The van der Waals surface area contributed by atoms with E-state index in [1.807, 2.05) is 18.2 Å². The Labute approximate surface area is 142 Å². The topological polar surface area (TPSA) is 30.7 Å². The van der Waals surface area contributed by atoms with Crippen molar-refractivity contribution in [3.8, 4) is 10.7 Å². The van der Waals surface area contributed by atoms with E-state index in [9.17, 15) is 4.39 Å². The molecule has 1 unspecified atom stereocenters. The van der Waals surface area contributed by atoms with Gasteiger partial charge in [0.2, 0.25) is 0 Å². The van der Waals surface area contributed by atoms with E-state index in [1.165, 1.54) is 25.0 Å². The average Bonchev–Trinajstić information content (AvgIpc) is 3.08. The molecule has 3 aromatic rings. The van der Waals surface area contributed by atoms with Crippen LogP contribution in [0.25, 0.3) is 10.7 Å². The van der Waals surface area contributed by atoms with E-state index < -0.39 is 0 Å². The normalized spacial score (nSPS) is 15.7. The van der Waals surface area contributed by atoms with Crippen molar-refractivity contribution in [3.63, 3.8) is 0 Å². The summed E-state index contributed by atoms with van der Waals surface area (Å²) in [6.07, 6.45) is 2.38. The zero-order valence-corrected chi connectivity index (χ0v) is 14.3. The van der Waals surface area contributed by atoms with Gasteiger partial charge in [-0.1, -0.05) is 30.0 Å². The largest absolute Gasteiger partial charge is 0.298 e. The van der Waals surface area contributed by atoms with E-state index in [-0.39, 0.29) is 11.1 Å². The first kappa shape index (κ1) is 14.9. The maximum absolute atomic E-state index is 13.1. The molecule has 1 saturated carbocycles. The molecule has 2 aromatic heterocycles. The fourth-order valence-electron chi connectivity index (χ4n) is 2.55. The molecule has 0 N–H and O–H groups in total. The van der Waals surface area contributed by atoms with Crippen LogP contribution in [0.5, 0.6) is 0 Å². The van der Waals surface area contributed by atoms with Crippen molar-refractivity contribution in [3.05, 3.63) is 53.2 Å². The Morgan fingerprint density at radius 2 is 2.00 bits per heavy atom. The third kappa shape index (κ3) is 3.05. The molecule has 0 amide bonds. The molecule has 4 rings (SSSR count). The average molecular weight is 345 g/mol. The smallest absolute Gasteiger partial charge is 0.192 e. The van der Waals surface area contributed by atoms with E-state index >= 15 is 0 Å². The maximum atomic E-state index is 13.1. The van der Waals surface area contributed by atoms with Crippen LogP contribution in [0.4, 0.5) is 4.39 Å². The van der Waals surface area contributed by atoms with Gasteiger partial charge in [0.15, 0.2) is 11.0 Å². The Morgan fingerprint density at radius 3 is 2.65 bits per heavy atom. The fourth-order valence-corrected chi connectivity index (χ4v) is 4.31. The first-order valence-corrected chi connectivity index (χ1v) is 9.39. The minimum atomic E-state index is -0.202. The lowest BCUT2D eigenvalue weighted by atomic mass is 10.2. The van der Waals surface area contributed by atoms with E-state index in [2.05, 4.69) is 33.1 Å². The van der Waals surface area contributed by atoms with Crippen LogP contribution in [0.3, 0.4) is 0 Å². The number of nitrogens with zero attached hydrogens (tertiary/aromatic N) is 3. The molecule has 0 radical (unpaired) electrons. The second kappa shape index (κ2) is 6.09. The lowest BCUT2D eigenvalue weighted by Crippen LogP contribution is -2.00. The minimum absolute atomic E-state index is 0.202. The summed E-state index contributed by atoms with van der Waals surface area (Å²) < 4.78 is 15.4. The van der Waals surface area contributed by atoms with Crippen LogP contribution >= 0.6 is 23.1 Å². The summed E-state index contributed by atoms with van der Waals surface area (Å²) in [7, 11) is 0. The van der Waals surface area contributed by atoms with Gasteiger partial charge in [0.05, 0.1) is 4.88 Å². The van der Waals surface area contributed by atoms with Gasteiger partial charge in [-0.25, -0.2) is 4.39 Å². The van der Waals surface area contributed by atoms with Crippen LogP contribution in [0.2, 0.25) is 0 Å². The fraction of sp³-hybridized carbons (Fsp3) is 0.294. The van der Waals surface area contributed by atoms with Crippen molar-refractivity contribution in [2.75, 3.05) is 0 Å². The summed E-state index contributed by atoms with van der Waals surface area (Å²) in [6.45, 7) is 2.12. The highest BCUT2D eigenvalue weighted by Crippen LogP contribution is 2.44. The van der Waals surface area contributed by atoms with Crippen LogP contribution in [-0.4, -0.2) is 14.8 Å². The third-order valence-corrected chi connectivity index (χ3v) is 5.92. The summed E-state index contributed by atoms with van der Waals surface area (Å²) >= 11 is 3.38. The number of benzene rings is 1. The second-order valence-corrected chi connectivity index (χ2v) is 7.95. The third-order valence-electron chi connectivity index (χ3n) is 3.94. The number of hydrogen-bond donors (Lipinski definition) is 0. The molecule has 2 heterocycles. The number of thiophene rings is 1. The second-order valence-electron chi connectivity index (χ2n) is 5.70. The molecule has 3 nitrogen and oxygen atoms in total. The molecule has 1 atom stereocenters. The summed E-state index contributed by atoms with van der Waals surface area (Å²) in [5.74, 6) is 0.767. The van der Waals surface area contributed by atoms with Crippen molar-refractivity contribution in [1.82, 2.24) is 14.8 Å². The molecule has 0 bridgehead atoms. The molecule has 1 aromatic carbocycles. The summed E-state index contributed by atoms with van der Waals surface area (Å²) in [5.41, 5.74) is 1.10. The van der Waals surface area contributed by atoms with Gasteiger partial charge in [0.25, 0.3) is 0 Å². The van der Waals surface area contributed by atoms with Crippen molar-refractivity contribution in [2.45, 2.75) is 36.2 Å². The van der Waals surface area contributed by atoms with Gasteiger partial charge >= 0.3 is 0 Å².